The molecule has 0 aliphatic carbocycles. The molecule has 0 radical (unpaired) electrons. The Morgan fingerprint density at radius 3 is 1.48 bits per heavy atom. The third kappa shape index (κ3) is 20.2. The van der Waals surface area contributed by atoms with Crippen LogP contribution in [0.15, 0.2) is 48.5 Å². The fourth-order valence-electron chi connectivity index (χ4n) is 9.97. The van der Waals surface area contributed by atoms with E-state index in [0.29, 0.717) is 81.4 Å². The van der Waals surface area contributed by atoms with Crippen LogP contribution in [-0.4, -0.2) is 125 Å². The molecule has 2 saturated heterocycles. The Labute approximate surface area is 450 Å². The first kappa shape index (κ1) is 63.3. The molecule has 4 rings (SSSR count). The fourth-order valence-corrected chi connectivity index (χ4v) is 10.2. The normalized spacial score (nSPS) is 17.6. The Hall–Kier alpha value is -4.00. The van der Waals surface area contributed by atoms with Crippen molar-refractivity contribution in [1.29, 1.82) is 0 Å². The van der Waals surface area contributed by atoms with Gasteiger partial charge in [-0.2, -0.15) is 0 Å². The predicted octanol–water partition coefficient (Wildman–Crippen LogP) is 11.0. The molecule has 0 saturated carbocycles. The van der Waals surface area contributed by atoms with Crippen molar-refractivity contribution in [2.75, 3.05) is 46.3 Å². The van der Waals surface area contributed by atoms with Crippen LogP contribution in [0.2, 0.25) is 10.0 Å². The minimum atomic E-state index is -0.668. The summed E-state index contributed by atoms with van der Waals surface area (Å²) in [5.41, 5.74) is 1.29. The Morgan fingerprint density at radius 2 is 1.08 bits per heavy atom. The Morgan fingerprint density at radius 1 is 0.658 bits per heavy atom. The molecule has 0 spiro atoms. The number of carbonyl (C=O) groups is 6. The van der Waals surface area contributed by atoms with E-state index in [2.05, 4.69) is 10.6 Å². The van der Waals surface area contributed by atoms with E-state index in [1.165, 1.54) is 0 Å². The molecule has 0 unspecified atom stereocenters. The van der Waals surface area contributed by atoms with Crippen molar-refractivity contribution in [3.05, 3.63) is 69.7 Å². The van der Waals surface area contributed by atoms with Gasteiger partial charge in [0, 0.05) is 92.5 Å². The number of benzene rings is 2. The number of halogens is 2. The smallest absolute Gasteiger partial charge is 0.246 e. The van der Waals surface area contributed by atoms with Gasteiger partial charge in [0.2, 0.25) is 29.5 Å². The number of unbranched alkanes of at least 4 members (excludes halogenated alkanes) is 5. The van der Waals surface area contributed by atoms with Gasteiger partial charge >= 0.3 is 0 Å². The topological polar surface area (TPSA) is 139 Å². The molecule has 0 aromatic heterocycles. The highest BCUT2D eigenvalue weighted by molar-refractivity contribution is 6.30. The second kappa shape index (κ2) is 30.5. The Kier molecular flexibility index (Phi) is 26.5. The summed E-state index contributed by atoms with van der Waals surface area (Å²) in [5.74, 6) is -0.654. The average Bonchev–Trinajstić information content (AvgIpc) is 4.02. The number of carbonyl (C=O) groups excluding carboxylic acids is 6. The SMILES string of the molecule is C.CC[C@@H](C)C(=O)N[C@H](C(=O)N1CCC[C@H]1CN(CCc1ccc(Cl)cc1)C(=O)CCCCCCCCC(=O)N(CCc1ccc(Cl)cc1)C[C@@H]1CCCN1C(=O)[C@@H](CC(=O)[C@H](C)NC)C(C)(C)C)C(C)(C)C. The molecule has 12 nitrogen and oxygen atoms in total. The molecule has 2 aromatic carbocycles. The molecule has 2 fully saturated rings. The van der Waals surface area contributed by atoms with Gasteiger partial charge in [0.25, 0.3) is 0 Å². The first-order valence-electron chi connectivity index (χ1n) is 27.2. The van der Waals surface area contributed by atoms with Crippen LogP contribution in [0, 0.1) is 22.7 Å². The molecule has 2 aliphatic rings. The van der Waals surface area contributed by atoms with E-state index >= 15 is 0 Å². The second-order valence-corrected chi connectivity index (χ2v) is 23.8. The zero-order valence-electron chi connectivity index (χ0n) is 45.6. The van der Waals surface area contributed by atoms with Gasteiger partial charge in [0.1, 0.15) is 11.8 Å². The summed E-state index contributed by atoms with van der Waals surface area (Å²) in [7, 11) is 1.76. The second-order valence-electron chi connectivity index (χ2n) is 22.9. The van der Waals surface area contributed by atoms with Crippen LogP contribution in [0.5, 0.6) is 0 Å². The molecule has 5 amide bonds. The van der Waals surface area contributed by atoms with Crippen LogP contribution in [0.4, 0.5) is 0 Å². The summed E-state index contributed by atoms with van der Waals surface area (Å²) in [6.07, 6.45) is 11.6. The number of rotatable bonds is 28. The fraction of sp³-hybridized carbons (Fsp3) is 0.695. The van der Waals surface area contributed by atoms with Crippen LogP contribution in [0.3, 0.4) is 0 Å². The molecule has 14 heteroatoms. The van der Waals surface area contributed by atoms with Gasteiger partial charge in [-0.05, 0) is 118 Å². The lowest BCUT2D eigenvalue weighted by atomic mass is 9.76. The zero-order chi connectivity index (χ0) is 53.2. The largest absolute Gasteiger partial charge is 0.344 e. The average molecular weight is 1050 g/mol. The number of likely N-dealkylation sites (N-methyl/N-ethyl adjacent to an activating group) is 1. The molecule has 73 heavy (non-hydrogen) atoms. The summed E-state index contributed by atoms with van der Waals surface area (Å²) in [4.78, 5) is 90.5. The number of hydrogen-bond donors (Lipinski definition) is 2. The number of ketones is 1. The van der Waals surface area contributed by atoms with Crippen molar-refractivity contribution in [1.82, 2.24) is 30.2 Å². The van der Waals surface area contributed by atoms with Crippen molar-refractivity contribution >= 4 is 58.5 Å². The number of nitrogens with one attached hydrogen (secondary N) is 2. The van der Waals surface area contributed by atoms with Crippen LogP contribution in [-0.2, 0) is 41.6 Å². The van der Waals surface area contributed by atoms with E-state index in [-0.39, 0.29) is 73.2 Å². The predicted molar refractivity (Wildman–Crippen MR) is 299 cm³/mol. The Balaban J connectivity index is 0.0000141. The van der Waals surface area contributed by atoms with E-state index in [1.54, 1.807) is 7.05 Å². The van der Waals surface area contributed by atoms with Crippen LogP contribution < -0.4 is 10.6 Å². The molecule has 6 atom stereocenters. The first-order chi connectivity index (χ1) is 34.0. The van der Waals surface area contributed by atoms with Gasteiger partial charge in [0.05, 0.1) is 6.04 Å². The molecule has 2 aromatic rings. The van der Waals surface area contributed by atoms with E-state index in [0.717, 1.165) is 75.3 Å². The number of Topliss-reactive ketones (excluding diaryl/α,β-unsaturated/α-hetero) is 1. The van der Waals surface area contributed by atoms with E-state index in [4.69, 9.17) is 23.2 Å². The van der Waals surface area contributed by atoms with Crippen molar-refractivity contribution < 1.29 is 28.8 Å². The number of amides is 5. The summed E-state index contributed by atoms with van der Waals surface area (Å²) >= 11 is 12.4. The molecule has 0 bridgehead atoms. The summed E-state index contributed by atoms with van der Waals surface area (Å²) in [6, 6.07) is 14.2. The van der Waals surface area contributed by atoms with Crippen LogP contribution in [0.25, 0.3) is 0 Å². The summed E-state index contributed by atoms with van der Waals surface area (Å²) in [5, 5.41) is 7.43. The van der Waals surface area contributed by atoms with E-state index < -0.39 is 22.8 Å². The standard InChI is InChI=1S/C58H90Cl2N6O6.CH4/c1-11-41(2)54(70)62-53(58(7,8)9)56(72)66-35-19-21-48(66)40-64(37-33-44-26-30-46(60)31-27-44)52(69)23-17-15-13-12-14-16-22-51(68)63(36-32-43-24-28-45(59)29-25-43)39-47-20-18-34-65(47)55(71)49(57(4,5)6)38-50(67)42(3)61-10;/h24-31,41-42,47-49,53,61H,11-23,32-40H2,1-10H3,(H,62,70);1H4/t41-,42+,47+,48+,49-,53-;/m1./s1. The lowest BCUT2D eigenvalue weighted by molar-refractivity contribution is -0.144. The van der Waals surface area contributed by atoms with Crippen LogP contribution in [0.1, 0.15) is 171 Å². The highest BCUT2D eigenvalue weighted by Crippen LogP contribution is 2.34. The highest BCUT2D eigenvalue weighted by atomic mass is 35.5. The van der Waals surface area contributed by atoms with Gasteiger partial charge in [-0.3, -0.25) is 28.8 Å². The first-order valence-corrected chi connectivity index (χ1v) is 27.9. The number of hydrogen-bond acceptors (Lipinski definition) is 7. The minimum absolute atomic E-state index is 0. The summed E-state index contributed by atoms with van der Waals surface area (Å²) < 4.78 is 0. The minimum Gasteiger partial charge on any atom is -0.344 e. The van der Waals surface area contributed by atoms with Crippen molar-refractivity contribution in [3.63, 3.8) is 0 Å². The highest BCUT2D eigenvalue weighted by Gasteiger charge is 2.42. The van der Waals surface area contributed by atoms with E-state index in [9.17, 15) is 28.8 Å². The van der Waals surface area contributed by atoms with Gasteiger partial charge in [-0.25, -0.2) is 0 Å². The quantitative estimate of drug-likeness (QED) is 0.0809. The molecular weight excluding hydrogens is 960 g/mol. The van der Waals surface area contributed by atoms with Gasteiger partial charge in [-0.15, -0.1) is 0 Å². The zero-order valence-corrected chi connectivity index (χ0v) is 47.1. The van der Waals surface area contributed by atoms with E-state index in [1.807, 2.05) is 130 Å². The lowest BCUT2D eigenvalue weighted by Gasteiger charge is -2.37. The van der Waals surface area contributed by atoms with Crippen molar-refractivity contribution in [2.45, 2.75) is 197 Å². The Bertz CT molecular complexity index is 1910. The third-order valence-corrected chi connectivity index (χ3v) is 15.7. The maximum Gasteiger partial charge on any atom is 0.246 e. The number of likely N-dealkylation sites (tertiary alicyclic amines) is 2. The maximum atomic E-state index is 14.3. The number of nitrogens with zero attached hydrogens (tertiary/aromatic N) is 4. The van der Waals surface area contributed by atoms with Crippen molar-refractivity contribution in [3.8, 4) is 0 Å². The molecule has 2 heterocycles. The van der Waals surface area contributed by atoms with Gasteiger partial charge in [0.15, 0.2) is 0 Å². The van der Waals surface area contributed by atoms with Crippen molar-refractivity contribution in [2.24, 2.45) is 22.7 Å². The monoisotopic (exact) mass is 1050 g/mol. The maximum absolute atomic E-state index is 14.3. The van der Waals surface area contributed by atoms with Gasteiger partial charge < -0.3 is 30.2 Å². The third-order valence-electron chi connectivity index (χ3n) is 15.2. The molecular formula is C59H94Cl2N6O6. The lowest BCUT2D eigenvalue weighted by Crippen LogP contribution is -2.57. The summed E-state index contributed by atoms with van der Waals surface area (Å²) in [6.45, 7) is 20.9. The van der Waals surface area contributed by atoms with Gasteiger partial charge in [-0.1, -0.05) is 136 Å². The van der Waals surface area contributed by atoms with Crippen LogP contribution >= 0.6 is 23.2 Å². The molecule has 2 aliphatic heterocycles. The molecule has 410 valence electrons. The molecule has 2 N–H and O–H groups in total.